The first-order chi connectivity index (χ1) is 18.0. The Morgan fingerprint density at radius 3 is 2.46 bits per heavy atom. The Balaban J connectivity index is 0.00000420. The summed E-state index contributed by atoms with van der Waals surface area (Å²) in [5, 5.41) is 0. The molecular formula is C27H41BF3N4NaO4S. The molecule has 1 aromatic carbocycles. The SMILES string of the molecule is CCS(=O)(=O)N[C@@H]1[C@H](Cc2cccc(C(C)c3nc(CN)ccc3C)c2F)N(C(=O)OC(C)(C)C)CC1(F)F.[BH4-].[Na+]. The smallest absolute Gasteiger partial charge is 0.444 e. The molecule has 1 aliphatic heterocycles. The van der Waals surface area contributed by atoms with Crippen molar-refractivity contribution in [3.8, 4) is 0 Å². The van der Waals surface area contributed by atoms with Crippen LogP contribution in [-0.2, 0) is 27.7 Å². The summed E-state index contributed by atoms with van der Waals surface area (Å²) < 4.78 is 78.5. The molecule has 2 aromatic rings. The summed E-state index contributed by atoms with van der Waals surface area (Å²) in [5.41, 5.74) is 7.20. The third kappa shape index (κ3) is 8.93. The fourth-order valence-corrected chi connectivity index (χ4v) is 5.58. The van der Waals surface area contributed by atoms with E-state index in [0.717, 1.165) is 10.5 Å². The van der Waals surface area contributed by atoms with Gasteiger partial charge in [0.2, 0.25) is 10.0 Å². The Morgan fingerprint density at radius 2 is 1.90 bits per heavy atom. The van der Waals surface area contributed by atoms with Crippen LogP contribution in [0.3, 0.4) is 0 Å². The van der Waals surface area contributed by atoms with E-state index in [9.17, 15) is 13.2 Å². The number of aromatic nitrogens is 1. The van der Waals surface area contributed by atoms with Crippen LogP contribution in [-0.4, -0.2) is 68.7 Å². The molecule has 8 nitrogen and oxygen atoms in total. The molecule has 1 fully saturated rings. The normalized spacial score (nSPS) is 19.2. The van der Waals surface area contributed by atoms with Crippen LogP contribution in [0, 0.1) is 12.7 Å². The van der Waals surface area contributed by atoms with E-state index in [1.807, 2.05) is 17.7 Å². The molecule has 3 atom stereocenters. The van der Waals surface area contributed by atoms with E-state index in [1.165, 1.54) is 13.0 Å². The first-order valence-electron chi connectivity index (χ1n) is 12.8. The fraction of sp³-hybridized carbons (Fsp3) is 0.556. The number of alkyl halides is 2. The summed E-state index contributed by atoms with van der Waals surface area (Å²) in [4.78, 5) is 18.3. The minimum absolute atomic E-state index is 0. The van der Waals surface area contributed by atoms with Gasteiger partial charge in [0, 0.05) is 12.5 Å². The second-order valence-electron chi connectivity index (χ2n) is 10.9. The Labute approximate surface area is 264 Å². The molecule has 0 bridgehead atoms. The van der Waals surface area contributed by atoms with Gasteiger partial charge < -0.3 is 10.5 Å². The van der Waals surface area contributed by atoms with Crippen LogP contribution >= 0.6 is 0 Å². The van der Waals surface area contributed by atoms with Gasteiger partial charge in [-0.15, -0.1) is 0 Å². The molecule has 1 amide bonds. The average molecular weight is 609 g/mol. The number of nitrogens with one attached hydrogen (secondary N) is 1. The summed E-state index contributed by atoms with van der Waals surface area (Å²) in [6, 6.07) is 4.90. The Hall–Kier alpha value is -1.64. The molecule has 1 saturated heterocycles. The van der Waals surface area contributed by atoms with Crippen molar-refractivity contribution in [1.82, 2.24) is 14.6 Å². The number of pyridine rings is 1. The fourth-order valence-electron chi connectivity index (χ4n) is 4.70. The summed E-state index contributed by atoms with van der Waals surface area (Å²) >= 11 is 0. The van der Waals surface area contributed by atoms with Gasteiger partial charge in [-0.2, -0.15) is 0 Å². The summed E-state index contributed by atoms with van der Waals surface area (Å²) in [6.45, 7) is 8.86. The van der Waals surface area contributed by atoms with Gasteiger partial charge in [-0.3, -0.25) is 9.88 Å². The monoisotopic (exact) mass is 608 g/mol. The second kappa shape index (κ2) is 14.2. The van der Waals surface area contributed by atoms with Crippen LogP contribution in [0.1, 0.15) is 68.6 Å². The van der Waals surface area contributed by atoms with Crippen LogP contribution in [0.4, 0.5) is 18.0 Å². The van der Waals surface area contributed by atoms with Gasteiger partial charge in [0.25, 0.3) is 5.92 Å². The topological polar surface area (TPSA) is 115 Å². The molecule has 1 aromatic heterocycles. The largest absolute Gasteiger partial charge is 1.00 e. The van der Waals surface area contributed by atoms with Crippen LogP contribution < -0.4 is 40.0 Å². The molecule has 0 spiro atoms. The number of hydrogen-bond donors (Lipinski definition) is 2. The van der Waals surface area contributed by atoms with Gasteiger partial charge >= 0.3 is 35.7 Å². The number of carbonyl (C=O) groups is 1. The van der Waals surface area contributed by atoms with Gasteiger partial charge in [0.05, 0.1) is 29.7 Å². The Kier molecular flexibility index (Phi) is 13.0. The predicted molar refractivity (Wildman–Crippen MR) is 154 cm³/mol. The second-order valence-corrected chi connectivity index (χ2v) is 12.9. The maximum Gasteiger partial charge on any atom is 1.00 e. The van der Waals surface area contributed by atoms with Crippen LogP contribution in [0.15, 0.2) is 30.3 Å². The number of rotatable bonds is 8. The maximum absolute atomic E-state index is 16.0. The molecule has 0 radical (unpaired) electrons. The van der Waals surface area contributed by atoms with Crippen LogP contribution in [0.2, 0.25) is 0 Å². The van der Waals surface area contributed by atoms with Crippen molar-refractivity contribution in [2.24, 2.45) is 5.73 Å². The van der Waals surface area contributed by atoms with Crippen molar-refractivity contribution in [2.75, 3.05) is 12.3 Å². The Bertz CT molecular complexity index is 1330. The minimum Gasteiger partial charge on any atom is -0.444 e. The van der Waals surface area contributed by atoms with Crippen molar-refractivity contribution in [1.29, 1.82) is 0 Å². The number of sulfonamides is 1. The average Bonchev–Trinajstić information content (AvgIpc) is 3.08. The van der Waals surface area contributed by atoms with Crippen LogP contribution in [0.25, 0.3) is 0 Å². The van der Waals surface area contributed by atoms with E-state index in [4.69, 9.17) is 10.5 Å². The third-order valence-corrected chi connectivity index (χ3v) is 8.13. The first kappa shape index (κ1) is 37.4. The number of benzene rings is 1. The van der Waals surface area contributed by atoms with E-state index in [2.05, 4.69) is 4.98 Å². The van der Waals surface area contributed by atoms with Crippen molar-refractivity contribution < 1.29 is 60.7 Å². The molecule has 0 aliphatic carbocycles. The van der Waals surface area contributed by atoms with Gasteiger partial charge in [-0.25, -0.2) is 31.1 Å². The number of aryl methyl sites for hydroxylation is 1. The summed E-state index contributed by atoms with van der Waals surface area (Å²) in [5.74, 6) is -5.18. The number of nitrogens with zero attached hydrogens (tertiary/aromatic N) is 2. The predicted octanol–water partition coefficient (Wildman–Crippen LogP) is -0.203. The first-order valence-corrected chi connectivity index (χ1v) is 14.5. The standard InChI is InChI=1S/C27H37F3N4O4S.BH4.Na/c1-7-39(36,37)33-24-21(34(15-27(24,29)30)25(35)38-26(4,5)6)13-18-9-8-10-20(22(18)28)17(3)23-16(2)11-12-19(14-31)32-23;;/h8-12,17,21,24,33H,7,13-15,31H2,1-6H3;1H4;/q;-1;+1/t17?,21-,24+;;/m0../s1. The summed E-state index contributed by atoms with van der Waals surface area (Å²) in [6.07, 6.45) is -1.40. The number of halogens is 3. The minimum atomic E-state index is -4.08. The van der Waals surface area contributed by atoms with Gasteiger partial charge in [-0.1, -0.05) is 39.6 Å². The van der Waals surface area contributed by atoms with Crippen molar-refractivity contribution in [2.45, 2.75) is 84.0 Å². The molecule has 14 heteroatoms. The molecule has 41 heavy (non-hydrogen) atoms. The van der Waals surface area contributed by atoms with Gasteiger partial charge in [0.15, 0.2) is 0 Å². The number of carbonyl (C=O) groups excluding carboxylic acids is 1. The number of amides is 1. The zero-order chi connectivity index (χ0) is 29.3. The van der Waals surface area contributed by atoms with E-state index < -0.39 is 63.8 Å². The van der Waals surface area contributed by atoms with Crippen molar-refractivity contribution >= 4 is 24.5 Å². The van der Waals surface area contributed by atoms with Crippen molar-refractivity contribution in [3.05, 3.63) is 64.2 Å². The van der Waals surface area contributed by atoms with E-state index in [0.29, 0.717) is 11.4 Å². The molecule has 3 N–H and O–H groups in total. The van der Waals surface area contributed by atoms with Gasteiger partial charge in [0.1, 0.15) is 17.5 Å². The molecule has 3 rings (SSSR count). The maximum atomic E-state index is 16.0. The molecule has 2 heterocycles. The Morgan fingerprint density at radius 1 is 1.27 bits per heavy atom. The molecular weight excluding hydrogens is 567 g/mol. The zero-order valence-electron chi connectivity index (χ0n) is 24.1. The number of hydrogen-bond acceptors (Lipinski definition) is 6. The van der Waals surface area contributed by atoms with Crippen LogP contribution in [0.5, 0.6) is 0 Å². The van der Waals surface area contributed by atoms with E-state index in [-0.39, 0.29) is 62.1 Å². The van der Waals surface area contributed by atoms with Crippen molar-refractivity contribution in [3.63, 3.8) is 0 Å². The third-order valence-electron chi connectivity index (χ3n) is 6.75. The van der Waals surface area contributed by atoms with E-state index >= 15 is 13.2 Å². The van der Waals surface area contributed by atoms with E-state index in [1.54, 1.807) is 45.9 Å². The number of ether oxygens (including phenoxy) is 1. The number of nitrogens with two attached hydrogens (primary N) is 1. The number of likely N-dealkylation sites (tertiary alicyclic amines) is 1. The zero-order valence-corrected chi connectivity index (χ0v) is 26.9. The quantitative estimate of drug-likeness (QED) is 0.402. The molecule has 224 valence electrons. The molecule has 1 aliphatic rings. The molecule has 1 unspecified atom stereocenters. The van der Waals surface area contributed by atoms with Gasteiger partial charge in [-0.05, 0) is 63.8 Å². The summed E-state index contributed by atoms with van der Waals surface area (Å²) in [7, 11) is -4.08. The molecule has 0 saturated carbocycles.